The van der Waals surface area contributed by atoms with Gasteiger partial charge in [-0.15, -0.1) is 0 Å². The number of hydrogen-bond acceptors (Lipinski definition) is 5. The number of carbonyl (C=O) groups is 3. The number of carbonyl (C=O) groups excluding carboxylic acids is 2. The number of benzene rings is 1. The van der Waals surface area contributed by atoms with Gasteiger partial charge in [0.05, 0.1) is 0 Å². The Kier molecular flexibility index (Phi) is 6.72. The van der Waals surface area contributed by atoms with Crippen LogP contribution < -0.4 is 5.32 Å². The van der Waals surface area contributed by atoms with Gasteiger partial charge in [-0.25, -0.2) is 4.79 Å². The minimum Gasteiger partial charge on any atom is -0.506 e. The molecule has 0 spiro atoms. The van der Waals surface area contributed by atoms with Gasteiger partial charge >= 0.3 is 5.97 Å². The molecule has 7 nitrogen and oxygen atoms in total. The summed E-state index contributed by atoms with van der Waals surface area (Å²) in [5.41, 5.74) is 0.808. The van der Waals surface area contributed by atoms with Crippen molar-refractivity contribution < 1.29 is 29.7 Å². The maximum absolute atomic E-state index is 12.6. The Bertz CT molecular complexity index is 898. The number of nitrogens with one attached hydrogen (secondary N) is 1. The summed E-state index contributed by atoms with van der Waals surface area (Å²) < 4.78 is 0. The molecule has 0 aromatic heterocycles. The van der Waals surface area contributed by atoms with Crippen LogP contribution in [0.2, 0.25) is 0 Å². The van der Waals surface area contributed by atoms with E-state index >= 15 is 0 Å². The largest absolute Gasteiger partial charge is 0.506 e. The third-order valence-corrected chi connectivity index (χ3v) is 7.13. The SMILES string of the molecule is C=C1CC2(CCC(=O)[C@H](C)CCC(=O)Nc3c(O)ccc(C(=O)O)c3O)CCC1CC2. The Hall–Kier alpha value is -2.83. The third kappa shape index (κ3) is 5.09. The summed E-state index contributed by atoms with van der Waals surface area (Å²) in [4.78, 5) is 36.0. The molecule has 7 heteroatoms. The molecule has 2 bridgehead atoms. The number of amides is 1. The molecule has 168 valence electrons. The van der Waals surface area contributed by atoms with Crippen LogP contribution in [0.1, 0.15) is 75.1 Å². The summed E-state index contributed by atoms with van der Waals surface area (Å²) in [6.45, 7) is 6.03. The summed E-state index contributed by atoms with van der Waals surface area (Å²) in [6, 6.07) is 2.15. The molecule has 1 atom stereocenters. The fraction of sp³-hybridized carbons (Fsp3) is 0.542. The number of aromatic carboxylic acids is 1. The van der Waals surface area contributed by atoms with Gasteiger partial charge in [-0.05, 0) is 68.4 Å². The molecule has 31 heavy (non-hydrogen) atoms. The predicted molar refractivity (Wildman–Crippen MR) is 116 cm³/mol. The van der Waals surface area contributed by atoms with E-state index in [1.807, 2.05) is 6.92 Å². The molecule has 0 aliphatic heterocycles. The van der Waals surface area contributed by atoms with Crippen LogP contribution in [-0.4, -0.2) is 33.0 Å². The minimum absolute atomic E-state index is 0.0206. The van der Waals surface area contributed by atoms with Crippen molar-refractivity contribution in [3.63, 3.8) is 0 Å². The second-order valence-electron chi connectivity index (χ2n) is 9.22. The third-order valence-electron chi connectivity index (χ3n) is 7.13. The number of anilines is 1. The first kappa shape index (κ1) is 22.8. The molecule has 1 amide bonds. The Morgan fingerprint density at radius 3 is 2.48 bits per heavy atom. The van der Waals surface area contributed by atoms with Crippen LogP contribution in [-0.2, 0) is 9.59 Å². The van der Waals surface area contributed by atoms with Crippen LogP contribution >= 0.6 is 0 Å². The Morgan fingerprint density at radius 2 is 1.87 bits per heavy atom. The van der Waals surface area contributed by atoms with Crippen LogP contribution in [0.3, 0.4) is 0 Å². The van der Waals surface area contributed by atoms with Gasteiger partial charge in [-0.3, -0.25) is 9.59 Å². The molecule has 0 unspecified atom stereocenters. The number of ketones is 1. The zero-order valence-electron chi connectivity index (χ0n) is 17.9. The number of carboxylic acid groups (broad SMARTS) is 1. The molecular formula is C24H31NO6. The van der Waals surface area contributed by atoms with Crippen molar-refractivity contribution in [2.45, 2.75) is 64.7 Å². The molecule has 3 aliphatic carbocycles. The maximum atomic E-state index is 12.6. The number of rotatable bonds is 9. The molecule has 3 aliphatic rings. The van der Waals surface area contributed by atoms with E-state index in [4.69, 9.17) is 5.11 Å². The number of phenols is 2. The van der Waals surface area contributed by atoms with Crippen molar-refractivity contribution >= 4 is 23.3 Å². The van der Waals surface area contributed by atoms with Crippen molar-refractivity contribution in [3.8, 4) is 11.5 Å². The van der Waals surface area contributed by atoms with Crippen LogP contribution in [0.5, 0.6) is 11.5 Å². The van der Waals surface area contributed by atoms with Gasteiger partial charge < -0.3 is 20.6 Å². The van der Waals surface area contributed by atoms with E-state index < -0.39 is 28.9 Å². The summed E-state index contributed by atoms with van der Waals surface area (Å²) in [7, 11) is 0. The highest BCUT2D eigenvalue weighted by Crippen LogP contribution is 2.54. The van der Waals surface area contributed by atoms with Gasteiger partial charge in [-0.1, -0.05) is 19.1 Å². The monoisotopic (exact) mass is 429 g/mol. The smallest absolute Gasteiger partial charge is 0.339 e. The van der Waals surface area contributed by atoms with Crippen molar-refractivity contribution in [1.29, 1.82) is 0 Å². The fourth-order valence-corrected chi connectivity index (χ4v) is 5.00. The molecule has 0 saturated heterocycles. The number of fused-ring (bicyclic) bond motifs is 3. The summed E-state index contributed by atoms with van der Waals surface area (Å²) >= 11 is 0. The number of carboxylic acids is 1. The second kappa shape index (κ2) is 9.12. The molecule has 0 heterocycles. The lowest BCUT2D eigenvalue weighted by molar-refractivity contribution is -0.123. The molecule has 4 rings (SSSR count). The maximum Gasteiger partial charge on any atom is 0.339 e. The predicted octanol–water partition coefficient (Wildman–Crippen LogP) is 4.64. The van der Waals surface area contributed by atoms with E-state index in [1.165, 1.54) is 31.3 Å². The highest BCUT2D eigenvalue weighted by atomic mass is 16.4. The highest BCUT2D eigenvalue weighted by molar-refractivity contribution is 5.99. The van der Waals surface area contributed by atoms with Crippen molar-refractivity contribution in [1.82, 2.24) is 0 Å². The van der Waals surface area contributed by atoms with Gasteiger partial charge in [0.15, 0.2) is 5.75 Å². The molecule has 1 aromatic carbocycles. The van der Waals surface area contributed by atoms with Crippen molar-refractivity contribution in [3.05, 3.63) is 29.8 Å². The molecule has 3 fully saturated rings. The summed E-state index contributed by atoms with van der Waals surface area (Å²) in [5, 5.41) is 31.3. The molecular weight excluding hydrogens is 398 g/mol. The molecule has 1 aromatic rings. The first-order valence-corrected chi connectivity index (χ1v) is 10.9. The zero-order valence-corrected chi connectivity index (χ0v) is 17.9. The fourth-order valence-electron chi connectivity index (χ4n) is 5.00. The topological polar surface area (TPSA) is 124 Å². The van der Waals surface area contributed by atoms with Crippen molar-refractivity contribution in [2.75, 3.05) is 5.32 Å². The average molecular weight is 430 g/mol. The van der Waals surface area contributed by atoms with Gasteiger partial charge in [0.25, 0.3) is 0 Å². The highest BCUT2D eigenvalue weighted by Gasteiger charge is 2.42. The Labute approximate surface area is 182 Å². The van der Waals surface area contributed by atoms with E-state index in [0.717, 1.165) is 25.0 Å². The average Bonchev–Trinajstić information content (AvgIpc) is 2.73. The summed E-state index contributed by atoms with van der Waals surface area (Å²) in [6.07, 6.45) is 7.48. The number of phenolic OH excluding ortho intramolecular Hbond substituents is 1. The van der Waals surface area contributed by atoms with E-state index in [9.17, 15) is 24.6 Å². The lowest BCUT2D eigenvalue weighted by Gasteiger charge is -2.48. The Balaban J connectivity index is 1.49. The lowest BCUT2D eigenvalue weighted by atomic mass is 9.57. The van der Waals surface area contributed by atoms with E-state index in [2.05, 4.69) is 11.9 Å². The number of allylic oxidation sites excluding steroid dienone is 1. The number of hydrogen-bond donors (Lipinski definition) is 4. The molecule has 4 N–H and O–H groups in total. The standard InChI is InChI=1S/C24H31NO6/c1-14(18(26)9-12-24-10-7-16(8-11-24)15(2)13-24)3-6-20(28)25-21-19(27)5-4-17(22(21)29)23(30)31/h4-5,14,16,27,29H,2-3,6-13H2,1H3,(H,25,28)(H,30,31)/t14-,16?,24?/m1/s1. The van der Waals surface area contributed by atoms with Crippen LogP contribution in [0.25, 0.3) is 0 Å². The Morgan fingerprint density at radius 1 is 1.19 bits per heavy atom. The van der Waals surface area contributed by atoms with E-state index in [-0.39, 0.29) is 29.2 Å². The van der Waals surface area contributed by atoms with Gasteiger partial charge in [0.1, 0.15) is 22.8 Å². The first-order chi connectivity index (χ1) is 14.6. The van der Waals surface area contributed by atoms with Gasteiger partial charge in [0, 0.05) is 18.8 Å². The normalized spacial score (nSPS) is 23.4. The molecule has 3 saturated carbocycles. The summed E-state index contributed by atoms with van der Waals surface area (Å²) in [5.74, 6) is -2.48. The van der Waals surface area contributed by atoms with E-state index in [0.29, 0.717) is 18.8 Å². The van der Waals surface area contributed by atoms with Crippen LogP contribution in [0, 0.1) is 17.3 Å². The quantitative estimate of drug-likeness (QED) is 0.335. The lowest BCUT2D eigenvalue weighted by Crippen LogP contribution is -2.36. The molecule has 0 radical (unpaired) electrons. The van der Waals surface area contributed by atoms with Crippen molar-refractivity contribution in [2.24, 2.45) is 17.3 Å². The first-order valence-electron chi connectivity index (χ1n) is 10.9. The van der Waals surface area contributed by atoms with Gasteiger partial charge in [-0.2, -0.15) is 0 Å². The zero-order chi connectivity index (χ0) is 22.8. The van der Waals surface area contributed by atoms with Crippen LogP contribution in [0.4, 0.5) is 5.69 Å². The minimum atomic E-state index is -1.37. The van der Waals surface area contributed by atoms with Gasteiger partial charge in [0.2, 0.25) is 5.91 Å². The number of aromatic hydroxyl groups is 2. The second-order valence-corrected chi connectivity index (χ2v) is 9.22. The van der Waals surface area contributed by atoms with Crippen LogP contribution in [0.15, 0.2) is 24.3 Å². The number of Topliss-reactive ketones (excluding diaryl/α,β-unsaturated/α-hetero) is 1. The van der Waals surface area contributed by atoms with E-state index in [1.54, 1.807) is 0 Å².